The normalized spacial score (nSPS) is 30.3. The van der Waals surface area contributed by atoms with Gasteiger partial charge >= 0.3 is 5.97 Å². The molecule has 0 spiro atoms. The maximum Gasteiger partial charge on any atom is 0.306 e. The summed E-state index contributed by atoms with van der Waals surface area (Å²) < 4.78 is 10.8. The van der Waals surface area contributed by atoms with Crippen molar-refractivity contribution in [1.29, 1.82) is 0 Å². The first-order chi connectivity index (χ1) is 11.8. The van der Waals surface area contributed by atoms with Crippen LogP contribution in [-0.2, 0) is 23.9 Å². The molecule has 0 aromatic heterocycles. The van der Waals surface area contributed by atoms with E-state index in [2.05, 4.69) is 9.68 Å². The predicted octanol–water partition coefficient (Wildman–Crippen LogP) is -0.973. The van der Waals surface area contributed by atoms with Gasteiger partial charge in [-0.05, 0) is 12.8 Å². The highest BCUT2D eigenvalue weighted by atomic mass is 17.0. The van der Waals surface area contributed by atoms with E-state index in [-0.39, 0.29) is 26.1 Å². The van der Waals surface area contributed by atoms with Gasteiger partial charge in [0.2, 0.25) is 0 Å². The van der Waals surface area contributed by atoms with E-state index in [0.29, 0.717) is 0 Å². The molecule has 2 unspecified atom stereocenters. The minimum Gasteiger partial charge on any atom is -0.481 e. The van der Waals surface area contributed by atoms with Gasteiger partial charge in [0.25, 0.3) is 10.2 Å². The predicted molar refractivity (Wildman–Crippen MR) is 74.2 cm³/mol. The standard InChI is InChI=1S/C12H18N2O11/c15-9-5-23-10-8(4-22-11(9)10)7(12(16)17)2-1-6(25-14(20)21)3-24-13(18)19/h6-11,15H,1-5H2,(H,16,17)/t6-,7?,8-,9+,10+,11?/m0/s1. The zero-order chi connectivity index (χ0) is 18.6. The zero-order valence-electron chi connectivity index (χ0n) is 13.0. The Morgan fingerprint density at radius 1 is 1.16 bits per heavy atom. The van der Waals surface area contributed by atoms with E-state index in [9.17, 15) is 35.2 Å². The number of carboxylic acids is 1. The summed E-state index contributed by atoms with van der Waals surface area (Å²) in [7, 11) is 0. The van der Waals surface area contributed by atoms with Crippen LogP contribution in [0.2, 0.25) is 0 Å². The Balaban J connectivity index is 1.96. The van der Waals surface area contributed by atoms with E-state index in [1.54, 1.807) is 0 Å². The lowest BCUT2D eigenvalue weighted by molar-refractivity contribution is -0.790. The van der Waals surface area contributed by atoms with Gasteiger partial charge in [0, 0.05) is 5.92 Å². The molecule has 0 aliphatic carbocycles. The number of aliphatic hydroxyl groups is 1. The second-order valence-corrected chi connectivity index (χ2v) is 5.82. The van der Waals surface area contributed by atoms with Crippen molar-refractivity contribution in [2.75, 3.05) is 19.8 Å². The lowest BCUT2D eigenvalue weighted by Gasteiger charge is -2.24. The summed E-state index contributed by atoms with van der Waals surface area (Å²) in [4.78, 5) is 40.6. The first-order valence-electron chi connectivity index (χ1n) is 7.52. The van der Waals surface area contributed by atoms with E-state index in [1.807, 2.05) is 0 Å². The molecule has 0 amide bonds. The summed E-state index contributed by atoms with van der Waals surface area (Å²) >= 11 is 0. The number of aliphatic carboxylic acids is 1. The molecule has 13 heteroatoms. The highest BCUT2D eigenvalue weighted by molar-refractivity contribution is 5.70. The molecule has 6 atom stereocenters. The molecule has 2 fully saturated rings. The third kappa shape index (κ3) is 4.87. The van der Waals surface area contributed by atoms with Crippen LogP contribution in [0.4, 0.5) is 0 Å². The van der Waals surface area contributed by atoms with Crippen molar-refractivity contribution in [1.82, 2.24) is 0 Å². The van der Waals surface area contributed by atoms with Crippen molar-refractivity contribution in [3.63, 3.8) is 0 Å². The van der Waals surface area contributed by atoms with Gasteiger partial charge in [-0.2, -0.15) is 0 Å². The van der Waals surface area contributed by atoms with Crippen LogP contribution >= 0.6 is 0 Å². The average molecular weight is 366 g/mol. The smallest absolute Gasteiger partial charge is 0.306 e. The molecule has 2 rings (SSSR count). The number of hydrogen-bond donors (Lipinski definition) is 2. The molecule has 0 bridgehead atoms. The Hall–Kier alpha value is -2.25. The van der Waals surface area contributed by atoms with Crippen molar-refractivity contribution < 1.29 is 44.3 Å². The van der Waals surface area contributed by atoms with Gasteiger partial charge in [0.15, 0.2) is 0 Å². The van der Waals surface area contributed by atoms with E-state index < -0.39 is 59.0 Å². The van der Waals surface area contributed by atoms with Gasteiger partial charge < -0.3 is 29.4 Å². The number of carboxylic acid groups (broad SMARTS) is 1. The zero-order valence-corrected chi connectivity index (χ0v) is 13.0. The SMILES string of the molecule is O=C(O)C(CC[C@@H](CO[N+](=O)[O-])O[N+](=O)[O-])[C@@H]1COC2[C@H](O)CO[C@@H]21. The number of fused-ring (bicyclic) bond motifs is 1. The maximum atomic E-state index is 11.6. The van der Waals surface area contributed by atoms with Crippen molar-refractivity contribution in [2.24, 2.45) is 11.8 Å². The van der Waals surface area contributed by atoms with Gasteiger partial charge in [-0.1, -0.05) is 0 Å². The molecule has 13 nitrogen and oxygen atoms in total. The van der Waals surface area contributed by atoms with Gasteiger partial charge in [-0.15, -0.1) is 20.2 Å². The Morgan fingerprint density at radius 3 is 2.44 bits per heavy atom. The van der Waals surface area contributed by atoms with Crippen molar-refractivity contribution in [2.45, 2.75) is 37.3 Å². The Labute approximate surface area is 140 Å². The molecule has 25 heavy (non-hydrogen) atoms. The number of nitrogens with zero attached hydrogens (tertiary/aromatic N) is 2. The van der Waals surface area contributed by atoms with Crippen molar-refractivity contribution in [3.8, 4) is 0 Å². The second kappa shape index (κ2) is 8.22. The summed E-state index contributed by atoms with van der Waals surface area (Å²) in [5.74, 6) is -2.68. The van der Waals surface area contributed by atoms with Crippen molar-refractivity contribution >= 4 is 5.97 Å². The van der Waals surface area contributed by atoms with Crippen LogP contribution in [0.5, 0.6) is 0 Å². The van der Waals surface area contributed by atoms with Gasteiger partial charge in [-0.25, -0.2) is 0 Å². The Bertz CT molecular complexity index is 515. The van der Waals surface area contributed by atoms with Gasteiger partial charge in [0.1, 0.15) is 24.9 Å². The van der Waals surface area contributed by atoms with Crippen molar-refractivity contribution in [3.05, 3.63) is 20.2 Å². The topological polar surface area (TPSA) is 181 Å². The summed E-state index contributed by atoms with van der Waals surface area (Å²) in [5.41, 5.74) is 0. The first kappa shape index (κ1) is 19.1. The molecule has 0 radical (unpaired) electrons. The highest BCUT2D eigenvalue weighted by Gasteiger charge is 2.51. The summed E-state index contributed by atoms with van der Waals surface area (Å²) in [6.07, 6.45) is -3.51. The minimum absolute atomic E-state index is 0.0436. The maximum absolute atomic E-state index is 11.6. The van der Waals surface area contributed by atoms with Crippen LogP contribution < -0.4 is 0 Å². The number of rotatable bonds is 10. The van der Waals surface area contributed by atoms with E-state index in [4.69, 9.17) is 9.47 Å². The number of ether oxygens (including phenoxy) is 2. The monoisotopic (exact) mass is 366 g/mol. The van der Waals surface area contributed by atoms with E-state index in [1.165, 1.54) is 0 Å². The molecule has 2 aliphatic rings. The lowest BCUT2D eigenvalue weighted by Crippen LogP contribution is -2.36. The molecular formula is C12H18N2O11. The average Bonchev–Trinajstić information content (AvgIpc) is 3.08. The summed E-state index contributed by atoms with van der Waals surface area (Å²) in [5, 5.41) is 37.6. The Kier molecular flexibility index (Phi) is 6.27. The molecule has 0 saturated carbocycles. The third-order valence-corrected chi connectivity index (χ3v) is 4.30. The molecule has 2 heterocycles. The van der Waals surface area contributed by atoms with Crippen LogP contribution in [0.3, 0.4) is 0 Å². The molecule has 2 N–H and O–H groups in total. The molecule has 2 aliphatic heterocycles. The number of hydrogen-bond acceptors (Lipinski definition) is 10. The summed E-state index contributed by atoms with van der Waals surface area (Å²) in [6, 6.07) is 0. The van der Waals surface area contributed by atoms with E-state index in [0.717, 1.165) is 0 Å². The quantitative estimate of drug-likeness (QED) is 0.358. The summed E-state index contributed by atoms with van der Waals surface area (Å²) in [6.45, 7) is -0.583. The van der Waals surface area contributed by atoms with E-state index >= 15 is 0 Å². The molecule has 0 aromatic carbocycles. The largest absolute Gasteiger partial charge is 0.481 e. The molecular weight excluding hydrogens is 348 g/mol. The van der Waals surface area contributed by atoms with Crippen LogP contribution in [0.25, 0.3) is 0 Å². The Morgan fingerprint density at radius 2 is 1.84 bits per heavy atom. The first-order valence-corrected chi connectivity index (χ1v) is 7.52. The highest BCUT2D eigenvalue weighted by Crippen LogP contribution is 2.37. The fraction of sp³-hybridized carbons (Fsp3) is 0.917. The fourth-order valence-corrected chi connectivity index (χ4v) is 3.17. The third-order valence-electron chi connectivity index (χ3n) is 4.30. The fourth-order valence-electron chi connectivity index (χ4n) is 3.17. The molecule has 0 aromatic rings. The van der Waals surface area contributed by atoms with Crippen LogP contribution in [-0.4, -0.2) is 70.6 Å². The number of aliphatic hydroxyl groups excluding tert-OH is 1. The van der Waals surface area contributed by atoms with Gasteiger partial charge in [0.05, 0.1) is 25.2 Å². The number of carbonyl (C=O) groups is 1. The lowest BCUT2D eigenvalue weighted by atomic mass is 9.84. The van der Waals surface area contributed by atoms with Crippen LogP contribution in [0.1, 0.15) is 12.8 Å². The second-order valence-electron chi connectivity index (χ2n) is 5.82. The molecule has 142 valence electrons. The minimum atomic E-state index is -1.28. The van der Waals surface area contributed by atoms with Crippen LogP contribution in [0, 0.1) is 32.1 Å². The van der Waals surface area contributed by atoms with Gasteiger partial charge in [-0.3, -0.25) is 4.79 Å². The van der Waals surface area contributed by atoms with Crippen LogP contribution in [0.15, 0.2) is 0 Å². The molecule has 2 saturated heterocycles.